The van der Waals surface area contributed by atoms with E-state index < -0.39 is 0 Å². The van der Waals surface area contributed by atoms with E-state index >= 15 is 0 Å². The average Bonchev–Trinajstić information content (AvgIpc) is 2.48. The molecule has 1 atom stereocenters. The van der Waals surface area contributed by atoms with Gasteiger partial charge in [0, 0.05) is 5.69 Å². The van der Waals surface area contributed by atoms with Crippen LogP contribution in [0.5, 0.6) is 5.75 Å². The summed E-state index contributed by atoms with van der Waals surface area (Å²) < 4.78 is 5.21. The monoisotopic (exact) mass is 270 g/mol. The summed E-state index contributed by atoms with van der Waals surface area (Å²) in [6.45, 7) is 1.82. The van der Waals surface area contributed by atoms with Gasteiger partial charge in [0.1, 0.15) is 11.8 Å². The van der Waals surface area contributed by atoms with E-state index in [0.717, 1.165) is 5.69 Å². The van der Waals surface area contributed by atoms with Crippen LogP contribution in [0.2, 0.25) is 0 Å². The van der Waals surface area contributed by atoms with E-state index in [9.17, 15) is 4.79 Å². The molecule has 2 aromatic rings. The number of nitrogens with one attached hydrogen (secondary N) is 2. The van der Waals surface area contributed by atoms with Gasteiger partial charge in [-0.25, -0.2) is 0 Å². The predicted octanol–water partition coefficient (Wildman–Crippen LogP) is 3.13. The van der Waals surface area contributed by atoms with Crippen LogP contribution in [0, 0.1) is 0 Å². The second-order valence-electron chi connectivity index (χ2n) is 4.42. The van der Waals surface area contributed by atoms with Gasteiger partial charge in [-0.05, 0) is 31.2 Å². The summed E-state index contributed by atoms with van der Waals surface area (Å²) in [5.74, 6) is 0.533. The van der Waals surface area contributed by atoms with E-state index in [1.807, 2.05) is 61.5 Å². The predicted molar refractivity (Wildman–Crippen MR) is 81.2 cm³/mol. The molecular formula is C16H18N2O2. The van der Waals surface area contributed by atoms with Crippen LogP contribution in [-0.4, -0.2) is 19.1 Å². The molecule has 2 aromatic carbocycles. The van der Waals surface area contributed by atoms with E-state index in [4.69, 9.17) is 4.74 Å². The van der Waals surface area contributed by atoms with Crippen LogP contribution < -0.4 is 15.4 Å². The standard InChI is InChI=1S/C16H18N2O2/c1-12(17-13-8-4-3-5-9-13)16(19)18-14-10-6-7-11-15(14)20-2/h3-12,17H,1-2H3,(H,18,19)/t12-/m0/s1. The molecule has 1 amide bonds. The fraction of sp³-hybridized carbons (Fsp3) is 0.188. The Balaban J connectivity index is 2.01. The lowest BCUT2D eigenvalue weighted by Gasteiger charge is -2.16. The third kappa shape index (κ3) is 3.51. The quantitative estimate of drug-likeness (QED) is 0.877. The van der Waals surface area contributed by atoms with Crippen molar-refractivity contribution in [3.05, 3.63) is 54.6 Å². The van der Waals surface area contributed by atoms with E-state index in [0.29, 0.717) is 11.4 Å². The summed E-state index contributed by atoms with van der Waals surface area (Å²) in [7, 11) is 1.58. The molecule has 0 spiro atoms. The van der Waals surface area contributed by atoms with Gasteiger partial charge < -0.3 is 15.4 Å². The molecule has 0 bridgehead atoms. The maximum Gasteiger partial charge on any atom is 0.246 e. The highest BCUT2D eigenvalue weighted by atomic mass is 16.5. The van der Waals surface area contributed by atoms with Gasteiger partial charge in [-0.3, -0.25) is 4.79 Å². The Hall–Kier alpha value is -2.49. The lowest BCUT2D eigenvalue weighted by molar-refractivity contribution is -0.116. The molecule has 2 rings (SSSR count). The van der Waals surface area contributed by atoms with E-state index in [1.165, 1.54) is 0 Å². The normalized spacial score (nSPS) is 11.5. The molecule has 0 aromatic heterocycles. The summed E-state index contributed by atoms with van der Waals surface area (Å²) in [5, 5.41) is 6.00. The van der Waals surface area contributed by atoms with Gasteiger partial charge >= 0.3 is 0 Å². The molecule has 0 unspecified atom stereocenters. The van der Waals surface area contributed by atoms with Crippen molar-refractivity contribution in [1.29, 1.82) is 0 Å². The van der Waals surface area contributed by atoms with Crippen molar-refractivity contribution in [2.45, 2.75) is 13.0 Å². The first-order valence-corrected chi connectivity index (χ1v) is 6.46. The number of ether oxygens (including phenoxy) is 1. The van der Waals surface area contributed by atoms with E-state index in [-0.39, 0.29) is 11.9 Å². The van der Waals surface area contributed by atoms with Crippen molar-refractivity contribution in [2.75, 3.05) is 17.7 Å². The highest BCUT2D eigenvalue weighted by Crippen LogP contribution is 2.23. The SMILES string of the molecule is COc1ccccc1NC(=O)[C@H](C)Nc1ccccc1. The fourth-order valence-corrected chi connectivity index (χ4v) is 1.84. The molecule has 0 aliphatic rings. The molecule has 0 saturated carbocycles. The zero-order chi connectivity index (χ0) is 14.4. The number of carbonyl (C=O) groups excluding carboxylic acids is 1. The smallest absolute Gasteiger partial charge is 0.246 e. The average molecular weight is 270 g/mol. The van der Waals surface area contributed by atoms with Gasteiger partial charge in [-0.1, -0.05) is 30.3 Å². The topological polar surface area (TPSA) is 50.4 Å². The zero-order valence-corrected chi connectivity index (χ0v) is 11.6. The number of carbonyl (C=O) groups is 1. The highest BCUT2D eigenvalue weighted by Gasteiger charge is 2.14. The molecule has 0 radical (unpaired) electrons. The third-order valence-electron chi connectivity index (χ3n) is 2.92. The van der Waals surface area contributed by atoms with Gasteiger partial charge in [0.05, 0.1) is 12.8 Å². The second-order valence-corrected chi connectivity index (χ2v) is 4.42. The molecular weight excluding hydrogens is 252 g/mol. The summed E-state index contributed by atoms with van der Waals surface area (Å²) in [4.78, 5) is 12.2. The van der Waals surface area contributed by atoms with Crippen molar-refractivity contribution in [3.8, 4) is 5.75 Å². The minimum atomic E-state index is -0.345. The maximum absolute atomic E-state index is 12.2. The Morgan fingerprint density at radius 2 is 1.70 bits per heavy atom. The Morgan fingerprint density at radius 3 is 2.40 bits per heavy atom. The minimum Gasteiger partial charge on any atom is -0.495 e. The highest BCUT2D eigenvalue weighted by molar-refractivity contribution is 5.97. The van der Waals surface area contributed by atoms with Crippen LogP contribution in [0.15, 0.2) is 54.6 Å². The molecule has 0 saturated heterocycles. The third-order valence-corrected chi connectivity index (χ3v) is 2.92. The van der Waals surface area contributed by atoms with Crippen LogP contribution in [0.1, 0.15) is 6.92 Å². The Labute approximate surface area is 118 Å². The summed E-state index contributed by atoms with van der Waals surface area (Å²) in [6.07, 6.45) is 0. The molecule has 0 heterocycles. The lowest BCUT2D eigenvalue weighted by atomic mass is 10.2. The van der Waals surface area contributed by atoms with Gasteiger partial charge in [0.15, 0.2) is 0 Å². The molecule has 0 aliphatic heterocycles. The Bertz CT molecular complexity index is 570. The number of para-hydroxylation sites is 3. The number of hydrogen-bond acceptors (Lipinski definition) is 3. The first kappa shape index (κ1) is 13.9. The van der Waals surface area contributed by atoms with Gasteiger partial charge in [0.25, 0.3) is 0 Å². The lowest BCUT2D eigenvalue weighted by Crippen LogP contribution is -2.31. The number of anilines is 2. The summed E-state index contributed by atoms with van der Waals surface area (Å²) >= 11 is 0. The van der Waals surface area contributed by atoms with Gasteiger partial charge in [-0.2, -0.15) is 0 Å². The van der Waals surface area contributed by atoms with Gasteiger partial charge in [-0.15, -0.1) is 0 Å². The number of methoxy groups -OCH3 is 1. The Morgan fingerprint density at radius 1 is 1.05 bits per heavy atom. The first-order valence-electron chi connectivity index (χ1n) is 6.46. The van der Waals surface area contributed by atoms with E-state index in [2.05, 4.69) is 10.6 Å². The van der Waals surface area contributed by atoms with Crippen molar-refractivity contribution < 1.29 is 9.53 Å². The van der Waals surface area contributed by atoms with Gasteiger partial charge in [0.2, 0.25) is 5.91 Å². The molecule has 4 heteroatoms. The largest absolute Gasteiger partial charge is 0.495 e. The molecule has 104 valence electrons. The summed E-state index contributed by atoms with van der Waals surface area (Å²) in [6, 6.07) is 16.6. The molecule has 0 fully saturated rings. The second kappa shape index (κ2) is 6.61. The van der Waals surface area contributed by atoms with Crippen molar-refractivity contribution in [1.82, 2.24) is 0 Å². The first-order chi connectivity index (χ1) is 9.70. The van der Waals surface area contributed by atoms with Crippen LogP contribution in [0.4, 0.5) is 11.4 Å². The molecule has 4 nitrogen and oxygen atoms in total. The zero-order valence-electron chi connectivity index (χ0n) is 11.6. The number of rotatable bonds is 5. The fourth-order valence-electron chi connectivity index (χ4n) is 1.84. The molecule has 0 aliphatic carbocycles. The maximum atomic E-state index is 12.2. The summed E-state index contributed by atoms with van der Waals surface area (Å²) in [5.41, 5.74) is 1.58. The molecule has 2 N–H and O–H groups in total. The van der Waals surface area contributed by atoms with Crippen molar-refractivity contribution >= 4 is 17.3 Å². The van der Waals surface area contributed by atoms with Crippen LogP contribution in [0.25, 0.3) is 0 Å². The van der Waals surface area contributed by atoms with Crippen LogP contribution in [0.3, 0.4) is 0 Å². The van der Waals surface area contributed by atoms with Crippen molar-refractivity contribution in [3.63, 3.8) is 0 Å². The number of hydrogen-bond donors (Lipinski definition) is 2. The van der Waals surface area contributed by atoms with Crippen molar-refractivity contribution in [2.24, 2.45) is 0 Å². The minimum absolute atomic E-state index is 0.113. The number of benzene rings is 2. The van der Waals surface area contributed by atoms with Crippen LogP contribution >= 0.6 is 0 Å². The van der Waals surface area contributed by atoms with Crippen LogP contribution in [-0.2, 0) is 4.79 Å². The van der Waals surface area contributed by atoms with E-state index in [1.54, 1.807) is 7.11 Å². The number of amides is 1. The molecule has 20 heavy (non-hydrogen) atoms. The Kier molecular flexibility index (Phi) is 4.60.